The van der Waals surface area contributed by atoms with E-state index in [0.717, 1.165) is 0 Å². The molecule has 0 aliphatic heterocycles. The van der Waals surface area contributed by atoms with Gasteiger partial charge in [0.1, 0.15) is 0 Å². The van der Waals surface area contributed by atoms with Crippen molar-refractivity contribution in [2.24, 2.45) is 5.92 Å². The Morgan fingerprint density at radius 1 is 1.47 bits per heavy atom. The molecule has 0 saturated heterocycles. The number of ketones is 1. The van der Waals surface area contributed by atoms with Crippen LogP contribution in [0.4, 0.5) is 5.69 Å². The number of nitrogen functional groups attached to an aromatic ring is 1. The van der Waals surface area contributed by atoms with Crippen LogP contribution in [0.5, 0.6) is 0 Å². The number of nitrogens with two attached hydrogens (primary N) is 1. The summed E-state index contributed by atoms with van der Waals surface area (Å²) in [5, 5.41) is 0.577. The van der Waals surface area contributed by atoms with Gasteiger partial charge in [-0.3, -0.25) is 4.79 Å². The molecule has 0 amide bonds. The van der Waals surface area contributed by atoms with E-state index in [9.17, 15) is 4.79 Å². The molecule has 1 fully saturated rings. The fourth-order valence-electron chi connectivity index (χ4n) is 1.86. The van der Waals surface area contributed by atoms with Gasteiger partial charge in [-0.2, -0.15) is 0 Å². The first-order valence-electron chi connectivity index (χ1n) is 5.25. The van der Waals surface area contributed by atoms with E-state index in [4.69, 9.17) is 17.3 Å². The first kappa shape index (κ1) is 10.5. The van der Waals surface area contributed by atoms with Crippen molar-refractivity contribution >= 4 is 23.1 Å². The fourth-order valence-corrected chi connectivity index (χ4v) is 2.04. The van der Waals surface area contributed by atoms with Crippen molar-refractivity contribution in [2.75, 3.05) is 5.73 Å². The van der Waals surface area contributed by atoms with Gasteiger partial charge in [0.05, 0.1) is 0 Å². The first-order valence-corrected chi connectivity index (χ1v) is 5.63. The SMILES string of the molecule is Nc1cc(Cl)ccc1C(=O)CC1CCC1. The van der Waals surface area contributed by atoms with Gasteiger partial charge in [-0.15, -0.1) is 0 Å². The van der Waals surface area contributed by atoms with Crippen molar-refractivity contribution in [2.45, 2.75) is 25.7 Å². The van der Waals surface area contributed by atoms with E-state index in [2.05, 4.69) is 0 Å². The summed E-state index contributed by atoms with van der Waals surface area (Å²) in [4.78, 5) is 11.9. The van der Waals surface area contributed by atoms with E-state index in [1.165, 1.54) is 19.3 Å². The molecule has 1 aromatic carbocycles. The van der Waals surface area contributed by atoms with E-state index in [1.54, 1.807) is 18.2 Å². The minimum absolute atomic E-state index is 0.147. The lowest BCUT2D eigenvalue weighted by molar-refractivity contribution is 0.0937. The number of halogens is 1. The standard InChI is InChI=1S/C12H14ClNO/c13-9-4-5-10(11(14)7-9)12(15)6-8-2-1-3-8/h4-5,7-8H,1-3,6,14H2. The van der Waals surface area contributed by atoms with Gasteiger partial charge < -0.3 is 5.73 Å². The molecule has 0 atom stereocenters. The minimum Gasteiger partial charge on any atom is -0.398 e. The summed E-state index contributed by atoms with van der Waals surface area (Å²) in [6.07, 6.45) is 4.25. The maximum atomic E-state index is 11.9. The lowest BCUT2D eigenvalue weighted by atomic mass is 9.81. The van der Waals surface area contributed by atoms with E-state index < -0.39 is 0 Å². The Hall–Kier alpha value is -1.02. The molecule has 1 aliphatic rings. The first-order chi connectivity index (χ1) is 7.16. The number of benzene rings is 1. The molecule has 0 aromatic heterocycles. The Morgan fingerprint density at radius 2 is 2.20 bits per heavy atom. The molecule has 0 radical (unpaired) electrons. The van der Waals surface area contributed by atoms with Gasteiger partial charge in [-0.05, 0) is 24.1 Å². The highest BCUT2D eigenvalue weighted by Gasteiger charge is 2.22. The van der Waals surface area contributed by atoms with E-state index in [1.807, 2.05) is 0 Å². The number of rotatable bonds is 3. The fraction of sp³-hybridized carbons (Fsp3) is 0.417. The zero-order chi connectivity index (χ0) is 10.8. The quantitative estimate of drug-likeness (QED) is 0.631. The van der Waals surface area contributed by atoms with Crippen molar-refractivity contribution in [1.29, 1.82) is 0 Å². The van der Waals surface area contributed by atoms with Crippen LogP contribution in [0.3, 0.4) is 0 Å². The van der Waals surface area contributed by atoms with Crippen LogP contribution in [0.25, 0.3) is 0 Å². The average Bonchev–Trinajstić information content (AvgIpc) is 2.11. The zero-order valence-corrected chi connectivity index (χ0v) is 9.26. The Bertz CT molecular complexity index is 385. The molecule has 1 aromatic rings. The predicted octanol–water partition coefficient (Wildman–Crippen LogP) is 3.30. The third-order valence-electron chi connectivity index (χ3n) is 3.01. The molecule has 0 unspecified atom stereocenters. The molecule has 15 heavy (non-hydrogen) atoms. The molecule has 1 saturated carbocycles. The number of Topliss-reactive ketones (excluding diaryl/α,β-unsaturated/α-hetero) is 1. The largest absolute Gasteiger partial charge is 0.398 e. The van der Waals surface area contributed by atoms with Gasteiger partial charge in [0.15, 0.2) is 5.78 Å². The summed E-state index contributed by atoms with van der Waals surface area (Å²) >= 11 is 5.77. The lowest BCUT2D eigenvalue weighted by Crippen LogP contribution is -2.16. The summed E-state index contributed by atoms with van der Waals surface area (Å²) in [6, 6.07) is 5.07. The molecule has 3 heteroatoms. The molecule has 0 bridgehead atoms. The highest BCUT2D eigenvalue weighted by atomic mass is 35.5. The molecule has 0 spiro atoms. The molecule has 1 aliphatic carbocycles. The van der Waals surface area contributed by atoms with Crippen molar-refractivity contribution in [3.63, 3.8) is 0 Å². The predicted molar refractivity (Wildman–Crippen MR) is 62.2 cm³/mol. The molecular weight excluding hydrogens is 210 g/mol. The van der Waals surface area contributed by atoms with Gasteiger partial charge in [-0.25, -0.2) is 0 Å². The average molecular weight is 224 g/mol. The van der Waals surface area contributed by atoms with Gasteiger partial charge in [0.25, 0.3) is 0 Å². The number of anilines is 1. The Balaban J connectivity index is 2.10. The highest BCUT2D eigenvalue weighted by molar-refractivity contribution is 6.31. The van der Waals surface area contributed by atoms with Crippen LogP contribution in [0, 0.1) is 5.92 Å². The molecule has 80 valence electrons. The third kappa shape index (κ3) is 2.32. The van der Waals surface area contributed by atoms with Crippen LogP contribution < -0.4 is 5.73 Å². The molecule has 2 N–H and O–H groups in total. The zero-order valence-electron chi connectivity index (χ0n) is 8.50. The van der Waals surface area contributed by atoms with Crippen molar-refractivity contribution in [1.82, 2.24) is 0 Å². The Morgan fingerprint density at radius 3 is 2.73 bits per heavy atom. The summed E-state index contributed by atoms with van der Waals surface area (Å²) in [5.41, 5.74) is 6.86. The maximum Gasteiger partial charge on any atom is 0.165 e. The smallest absolute Gasteiger partial charge is 0.165 e. The molecule has 2 rings (SSSR count). The number of carbonyl (C=O) groups is 1. The van der Waals surface area contributed by atoms with Crippen LogP contribution in [0.15, 0.2) is 18.2 Å². The normalized spacial score (nSPS) is 16.1. The summed E-state index contributed by atoms with van der Waals surface area (Å²) in [6.45, 7) is 0. The van der Waals surface area contributed by atoms with Crippen LogP contribution in [0.2, 0.25) is 5.02 Å². The van der Waals surface area contributed by atoms with E-state index in [0.29, 0.717) is 28.6 Å². The van der Waals surface area contributed by atoms with Crippen molar-refractivity contribution in [3.05, 3.63) is 28.8 Å². The molecule has 2 nitrogen and oxygen atoms in total. The van der Waals surface area contributed by atoms with E-state index >= 15 is 0 Å². The Kier molecular flexibility index (Phi) is 2.96. The van der Waals surface area contributed by atoms with Gasteiger partial charge in [-0.1, -0.05) is 30.9 Å². The van der Waals surface area contributed by atoms with Gasteiger partial charge >= 0.3 is 0 Å². The third-order valence-corrected chi connectivity index (χ3v) is 3.25. The van der Waals surface area contributed by atoms with Crippen LogP contribution in [0.1, 0.15) is 36.0 Å². The number of carbonyl (C=O) groups excluding carboxylic acids is 1. The second-order valence-corrected chi connectivity index (χ2v) is 4.59. The summed E-state index contributed by atoms with van der Waals surface area (Å²) in [5.74, 6) is 0.724. The minimum atomic E-state index is 0.147. The van der Waals surface area contributed by atoms with Crippen LogP contribution in [-0.4, -0.2) is 5.78 Å². The van der Waals surface area contributed by atoms with Gasteiger partial charge in [0, 0.05) is 22.7 Å². The van der Waals surface area contributed by atoms with Gasteiger partial charge in [0.2, 0.25) is 0 Å². The highest BCUT2D eigenvalue weighted by Crippen LogP contribution is 2.31. The number of hydrogen-bond donors (Lipinski definition) is 1. The van der Waals surface area contributed by atoms with Crippen LogP contribution >= 0.6 is 11.6 Å². The molecular formula is C12H14ClNO. The number of hydrogen-bond acceptors (Lipinski definition) is 2. The second-order valence-electron chi connectivity index (χ2n) is 4.16. The topological polar surface area (TPSA) is 43.1 Å². The second kappa shape index (κ2) is 4.23. The van der Waals surface area contributed by atoms with E-state index in [-0.39, 0.29) is 5.78 Å². The van der Waals surface area contributed by atoms with Crippen molar-refractivity contribution < 1.29 is 4.79 Å². The van der Waals surface area contributed by atoms with Crippen molar-refractivity contribution in [3.8, 4) is 0 Å². The Labute approximate surface area is 94.4 Å². The monoisotopic (exact) mass is 223 g/mol. The summed E-state index contributed by atoms with van der Waals surface area (Å²) < 4.78 is 0. The molecule has 0 heterocycles. The summed E-state index contributed by atoms with van der Waals surface area (Å²) in [7, 11) is 0. The maximum absolute atomic E-state index is 11.9. The lowest BCUT2D eigenvalue weighted by Gasteiger charge is -2.24. The van der Waals surface area contributed by atoms with Crippen LogP contribution in [-0.2, 0) is 0 Å².